The van der Waals surface area contributed by atoms with E-state index in [0.717, 1.165) is 16.7 Å². The first kappa shape index (κ1) is 25.1. The highest BCUT2D eigenvalue weighted by atomic mass is 32.2. The predicted molar refractivity (Wildman–Crippen MR) is 119 cm³/mol. The van der Waals surface area contributed by atoms with E-state index in [1.165, 1.54) is 19.9 Å². The van der Waals surface area contributed by atoms with E-state index >= 15 is 0 Å². The van der Waals surface area contributed by atoms with Crippen LogP contribution in [0.25, 0.3) is 0 Å². The van der Waals surface area contributed by atoms with E-state index in [2.05, 4.69) is 30.5 Å². The number of hydrogen-bond donors (Lipinski definition) is 5. The van der Waals surface area contributed by atoms with Crippen molar-refractivity contribution in [2.24, 2.45) is 16.0 Å². The number of benzene rings is 1. The minimum Gasteiger partial charge on any atom is -0.493 e. The third kappa shape index (κ3) is 5.20. The molecule has 0 atom stereocenters. The highest BCUT2D eigenvalue weighted by molar-refractivity contribution is 7.86. The molecule has 3 aromatic rings. The third-order valence-corrected chi connectivity index (χ3v) is 5.50. The second-order valence-corrected chi connectivity index (χ2v) is 8.24. The number of anilines is 3. The number of nitrogens with zero attached hydrogens (tertiary/aromatic N) is 6. The molecule has 0 radical (unpaired) electrons. The lowest BCUT2D eigenvalue weighted by atomic mass is 10.1. The maximum absolute atomic E-state index is 13.4. The number of hydrogen-bond acceptors (Lipinski definition) is 12. The van der Waals surface area contributed by atoms with Gasteiger partial charge in [0.15, 0.2) is 0 Å². The number of carbonyl (C=O) groups is 1. The van der Waals surface area contributed by atoms with Crippen LogP contribution in [0.1, 0.15) is 22.8 Å². The summed E-state index contributed by atoms with van der Waals surface area (Å²) < 4.78 is 47.4. The lowest BCUT2D eigenvalue weighted by molar-refractivity contribution is 0.0997. The molecule has 0 fully saturated rings. The van der Waals surface area contributed by atoms with Crippen LogP contribution in [-0.4, -0.2) is 43.5 Å². The van der Waals surface area contributed by atoms with E-state index in [1.54, 1.807) is 0 Å². The van der Waals surface area contributed by atoms with Gasteiger partial charge in [-0.25, -0.2) is 0 Å². The number of halogens is 1. The van der Waals surface area contributed by atoms with Crippen LogP contribution in [0.2, 0.25) is 0 Å². The van der Waals surface area contributed by atoms with Gasteiger partial charge in [-0.05, 0) is 32.0 Å². The Hall–Kier alpha value is -4.51. The number of azo groups is 1. The average molecular weight is 507 g/mol. The first-order valence-electron chi connectivity index (χ1n) is 9.57. The second kappa shape index (κ2) is 9.39. The number of rotatable bonds is 7. The fourth-order valence-electron chi connectivity index (χ4n) is 3.05. The van der Waals surface area contributed by atoms with Crippen molar-refractivity contribution in [3.63, 3.8) is 0 Å². The Morgan fingerprint density at radius 3 is 2.51 bits per heavy atom. The van der Waals surface area contributed by atoms with Gasteiger partial charge in [-0.3, -0.25) is 18.7 Å². The van der Waals surface area contributed by atoms with Gasteiger partial charge in [0, 0.05) is 17.8 Å². The molecule has 0 spiro atoms. The fraction of sp³-hybridized carbons (Fsp3) is 0.167. The Morgan fingerprint density at radius 2 is 1.94 bits per heavy atom. The third-order valence-electron chi connectivity index (χ3n) is 4.60. The molecule has 0 saturated heterocycles. The highest BCUT2D eigenvalue weighted by Gasteiger charge is 2.22. The van der Waals surface area contributed by atoms with Crippen LogP contribution in [0.4, 0.5) is 33.3 Å². The van der Waals surface area contributed by atoms with Crippen molar-refractivity contribution in [1.82, 2.24) is 19.5 Å². The summed E-state index contributed by atoms with van der Waals surface area (Å²) >= 11 is 0. The number of primary amides is 1. The van der Waals surface area contributed by atoms with Crippen LogP contribution in [0.3, 0.4) is 0 Å². The first-order valence-corrected chi connectivity index (χ1v) is 11.0. The number of nitrogens with two attached hydrogens (primary N) is 2. The van der Waals surface area contributed by atoms with Gasteiger partial charge in [-0.2, -0.15) is 27.8 Å². The van der Waals surface area contributed by atoms with Gasteiger partial charge in [0.1, 0.15) is 21.8 Å². The molecule has 35 heavy (non-hydrogen) atoms. The molecule has 0 saturated carbocycles. The van der Waals surface area contributed by atoms with Crippen molar-refractivity contribution in [3.05, 3.63) is 45.8 Å². The standard InChI is InChI=1S/C18H18FN9O6S/c1-3-28-14(30)11(13(20)29)7(2)12(15(28)31)27-26-9-6-8(4-5-10(9)35(32,33)34)22-18-24-16(19)23-17(21)25-18/h4-6,31H,3H2,1-2H3,(H2,20,29)(H,32,33,34)(H3,21,22,23,24,25). The molecule has 184 valence electrons. The van der Waals surface area contributed by atoms with E-state index in [-0.39, 0.29) is 29.4 Å². The monoisotopic (exact) mass is 507 g/mol. The molecule has 2 aromatic heterocycles. The summed E-state index contributed by atoms with van der Waals surface area (Å²) in [5.41, 5.74) is 8.55. The average Bonchev–Trinajstić information content (AvgIpc) is 2.72. The molecular weight excluding hydrogens is 489 g/mol. The second-order valence-electron chi connectivity index (χ2n) is 6.85. The maximum atomic E-state index is 13.4. The number of nitrogen functional groups attached to an aromatic ring is 1. The van der Waals surface area contributed by atoms with Crippen molar-refractivity contribution >= 4 is 45.0 Å². The van der Waals surface area contributed by atoms with Crippen LogP contribution in [0.5, 0.6) is 5.88 Å². The summed E-state index contributed by atoms with van der Waals surface area (Å²) in [7, 11) is -4.80. The molecule has 1 aromatic carbocycles. The highest BCUT2D eigenvalue weighted by Crippen LogP contribution is 2.35. The van der Waals surface area contributed by atoms with Crippen molar-refractivity contribution in [1.29, 1.82) is 0 Å². The van der Waals surface area contributed by atoms with E-state index in [0.29, 0.717) is 0 Å². The van der Waals surface area contributed by atoms with Gasteiger partial charge in [-0.15, -0.1) is 10.2 Å². The quantitative estimate of drug-likeness (QED) is 0.225. The van der Waals surface area contributed by atoms with Gasteiger partial charge >= 0.3 is 6.08 Å². The lowest BCUT2D eigenvalue weighted by Crippen LogP contribution is -2.30. The Bertz CT molecular complexity index is 1520. The number of amides is 1. The van der Waals surface area contributed by atoms with Crippen LogP contribution >= 0.6 is 0 Å². The molecule has 17 heteroatoms. The number of aromatic hydroxyl groups is 1. The van der Waals surface area contributed by atoms with Crippen molar-refractivity contribution < 1.29 is 27.3 Å². The normalized spacial score (nSPS) is 11.7. The Morgan fingerprint density at radius 1 is 1.26 bits per heavy atom. The summed E-state index contributed by atoms with van der Waals surface area (Å²) in [4.78, 5) is 33.8. The van der Waals surface area contributed by atoms with Gasteiger partial charge in [0.25, 0.3) is 21.6 Å². The molecule has 1 amide bonds. The fourth-order valence-corrected chi connectivity index (χ4v) is 3.66. The Kier molecular flexibility index (Phi) is 6.74. The molecule has 0 bridgehead atoms. The molecule has 3 rings (SSSR count). The van der Waals surface area contributed by atoms with Gasteiger partial charge in [0.05, 0.1) is 0 Å². The van der Waals surface area contributed by atoms with E-state index in [4.69, 9.17) is 11.5 Å². The molecule has 0 aliphatic carbocycles. The number of nitrogens with one attached hydrogen (secondary N) is 1. The van der Waals surface area contributed by atoms with Crippen molar-refractivity contribution in [3.8, 4) is 5.88 Å². The van der Waals surface area contributed by atoms with E-state index in [1.807, 2.05) is 0 Å². The van der Waals surface area contributed by atoms with Crippen molar-refractivity contribution in [2.45, 2.75) is 25.3 Å². The van der Waals surface area contributed by atoms with Gasteiger partial charge in [0.2, 0.25) is 17.8 Å². The molecule has 7 N–H and O–H groups in total. The molecule has 0 aliphatic rings. The minimum absolute atomic E-state index is 0.0466. The molecule has 0 aliphatic heterocycles. The minimum atomic E-state index is -4.80. The summed E-state index contributed by atoms with van der Waals surface area (Å²) in [6.07, 6.45) is -1.17. The summed E-state index contributed by atoms with van der Waals surface area (Å²) in [5, 5.41) is 20.6. The van der Waals surface area contributed by atoms with E-state index < -0.39 is 55.6 Å². The number of carbonyl (C=O) groups excluding carboxylic acids is 1. The molecule has 15 nitrogen and oxygen atoms in total. The zero-order chi connectivity index (χ0) is 26.1. The maximum Gasteiger partial charge on any atom is 0.315 e. The molecule has 2 heterocycles. The Labute approximate surface area is 196 Å². The summed E-state index contributed by atoms with van der Waals surface area (Å²) in [5.74, 6) is -2.45. The largest absolute Gasteiger partial charge is 0.493 e. The SMILES string of the molecule is CCn1c(O)c(N=Nc2cc(Nc3nc(N)nc(F)n3)ccc2S(=O)(=O)O)c(C)c(C(N)=O)c1=O. The first-order chi connectivity index (χ1) is 16.3. The number of aromatic nitrogens is 4. The van der Waals surface area contributed by atoms with Crippen LogP contribution in [0, 0.1) is 13.0 Å². The van der Waals surface area contributed by atoms with E-state index in [9.17, 15) is 32.1 Å². The predicted octanol–water partition coefficient (Wildman–Crippen LogP) is 1.29. The van der Waals surface area contributed by atoms with Crippen molar-refractivity contribution in [2.75, 3.05) is 11.1 Å². The Balaban J connectivity index is 2.16. The number of pyridine rings is 1. The molecular formula is C18H18FN9O6S. The zero-order valence-corrected chi connectivity index (χ0v) is 18.9. The molecule has 0 unspecified atom stereocenters. The zero-order valence-electron chi connectivity index (χ0n) is 18.1. The topological polar surface area (TPSA) is 241 Å². The van der Waals surface area contributed by atoms with Gasteiger partial charge < -0.3 is 21.9 Å². The summed E-state index contributed by atoms with van der Waals surface area (Å²) in [6, 6.07) is 3.23. The van der Waals surface area contributed by atoms with Gasteiger partial charge in [-0.1, -0.05) is 0 Å². The van der Waals surface area contributed by atoms with Crippen LogP contribution < -0.4 is 22.3 Å². The van der Waals surface area contributed by atoms with Crippen LogP contribution in [0.15, 0.2) is 38.1 Å². The smallest absolute Gasteiger partial charge is 0.315 e. The lowest BCUT2D eigenvalue weighted by Gasteiger charge is -2.13. The summed E-state index contributed by atoms with van der Waals surface area (Å²) in [6.45, 7) is 2.76. The van der Waals surface area contributed by atoms with Crippen LogP contribution in [-0.2, 0) is 16.7 Å².